The number of ether oxygens (including phenoxy) is 1. The third-order valence-electron chi connectivity index (χ3n) is 4.47. The number of morpholine rings is 1. The molecule has 6 heteroatoms. The van der Waals surface area contributed by atoms with Crippen molar-refractivity contribution in [2.75, 3.05) is 32.8 Å². The van der Waals surface area contributed by atoms with Crippen molar-refractivity contribution in [2.45, 2.75) is 31.8 Å². The molecule has 112 valence electrons. The van der Waals surface area contributed by atoms with Crippen molar-refractivity contribution < 1.29 is 14.3 Å². The molecular weight excluding hydrogens is 258 g/mol. The molecule has 2 N–H and O–H groups in total. The van der Waals surface area contributed by atoms with E-state index in [1.54, 1.807) is 4.90 Å². The molecule has 2 aliphatic heterocycles. The van der Waals surface area contributed by atoms with Gasteiger partial charge in [-0.2, -0.15) is 0 Å². The third-order valence-corrected chi connectivity index (χ3v) is 4.47. The van der Waals surface area contributed by atoms with Gasteiger partial charge in [-0.25, -0.2) is 0 Å². The number of hydrogen-bond acceptors (Lipinski definition) is 4. The molecule has 0 bridgehead atoms. The molecule has 0 aromatic rings. The lowest BCUT2D eigenvalue weighted by Gasteiger charge is -2.36. The van der Waals surface area contributed by atoms with Crippen LogP contribution >= 0.6 is 0 Å². The zero-order chi connectivity index (χ0) is 14.1. The number of amides is 2. The second kappa shape index (κ2) is 5.69. The van der Waals surface area contributed by atoms with E-state index in [4.69, 9.17) is 4.74 Å². The zero-order valence-electron chi connectivity index (χ0n) is 11.9. The Morgan fingerprint density at radius 1 is 1.30 bits per heavy atom. The van der Waals surface area contributed by atoms with E-state index in [9.17, 15) is 9.59 Å². The number of carbonyl (C=O) groups excluding carboxylic acids is 2. The standard InChI is InChI=1S/C14H23N3O3/c1-9-6-15-7-11(9)14(19)17-4-5-20-8-12(17)13(18)16-10-2-3-10/h9-12,15H,2-8H2,1H3,(H,16,18)/t9-,11-,12?/m1/s1. The van der Waals surface area contributed by atoms with Crippen molar-refractivity contribution in [3.63, 3.8) is 0 Å². The average molecular weight is 281 g/mol. The molecule has 2 amide bonds. The topological polar surface area (TPSA) is 70.7 Å². The first kappa shape index (κ1) is 13.8. The number of hydrogen-bond donors (Lipinski definition) is 2. The van der Waals surface area contributed by atoms with Crippen LogP contribution in [0.3, 0.4) is 0 Å². The Bertz CT molecular complexity index is 397. The van der Waals surface area contributed by atoms with Gasteiger partial charge in [0.2, 0.25) is 11.8 Å². The van der Waals surface area contributed by atoms with E-state index in [1.807, 2.05) is 0 Å². The van der Waals surface area contributed by atoms with Crippen LogP contribution in [0.25, 0.3) is 0 Å². The molecule has 3 fully saturated rings. The highest BCUT2D eigenvalue weighted by atomic mass is 16.5. The second-order valence-electron chi connectivity index (χ2n) is 6.15. The maximum absolute atomic E-state index is 12.7. The Labute approximate surface area is 119 Å². The minimum Gasteiger partial charge on any atom is -0.377 e. The van der Waals surface area contributed by atoms with Crippen molar-refractivity contribution in [3.05, 3.63) is 0 Å². The lowest BCUT2D eigenvalue weighted by Crippen LogP contribution is -2.58. The van der Waals surface area contributed by atoms with E-state index in [0.29, 0.717) is 38.3 Å². The van der Waals surface area contributed by atoms with E-state index >= 15 is 0 Å². The predicted molar refractivity (Wildman–Crippen MR) is 73.0 cm³/mol. The number of carbonyl (C=O) groups is 2. The molecular formula is C14H23N3O3. The summed E-state index contributed by atoms with van der Waals surface area (Å²) in [6, 6.07) is -0.141. The molecule has 3 aliphatic rings. The molecule has 3 rings (SSSR count). The molecule has 2 heterocycles. The van der Waals surface area contributed by atoms with Crippen LogP contribution in [0.5, 0.6) is 0 Å². The van der Waals surface area contributed by atoms with Crippen LogP contribution in [0.15, 0.2) is 0 Å². The predicted octanol–water partition coefficient (Wildman–Crippen LogP) is -0.652. The van der Waals surface area contributed by atoms with E-state index in [2.05, 4.69) is 17.6 Å². The Hall–Kier alpha value is -1.14. The Morgan fingerprint density at radius 2 is 2.10 bits per heavy atom. The molecule has 0 spiro atoms. The van der Waals surface area contributed by atoms with Crippen molar-refractivity contribution >= 4 is 11.8 Å². The number of nitrogens with one attached hydrogen (secondary N) is 2. The van der Waals surface area contributed by atoms with Crippen molar-refractivity contribution in [1.82, 2.24) is 15.5 Å². The molecule has 1 saturated carbocycles. The van der Waals surface area contributed by atoms with Gasteiger partial charge < -0.3 is 20.3 Å². The third kappa shape index (κ3) is 2.81. The SMILES string of the molecule is C[C@@H]1CNC[C@H]1C(=O)N1CCOCC1C(=O)NC1CC1. The number of nitrogens with zero attached hydrogens (tertiary/aromatic N) is 1. The van der Waals surface area contributed by atoms with Gasteiger partial charge in [0.25, 0.3) is 0 Å². The average Bonchev–Trinajstić information content (AvgIpc) is 3.17. The molecule has 1 unspecified atom stereocenters. The fourth-order valence-electron chi connectivity index (χ4n) is 2.96. The van der Waals surface area contributed by atoms with Crippen molar-refractivity contribution in [1.29, 1.82) is 0 Å². The van der Waals surface area contributed by atoms with Crippen molar-refractivity contribution in [2.24, 2.45) is 11.8 Å². The first-order valence-electron chi connectivity index (χ1n) is 7.56. The summed E-state index contributed by atoms with van der Waals surface area (Å²) in [5.74, 6) is 0.364. The van der Waals surface area contributed by atoms with Gasteiger partial charge in [0, 0.05) is 19.1 Å². The first-order chi connectivity index (χ1) is 9.66. The highest BCUT2D eigenvalue weighted by Gasteiger charge is 2.40. The molecule has 1 aliphatic carbocycles. The van der Waals surface area contributed by atoms with E-state index in [0.717, 1.165) is 19.4 Å². The van der Waals surface area contributed by atoms with Gasteiger partial charge in [-0.05, 0) is 25.3 Å². The fourth-order valence-corrected chi connectivity index (χ4v) is 2.96. The molecule has 0 radical (unpaired) electrons. The minimum atomic E-state index is -0.454. The van der Waals surface area contributed by atoms with Crippen LogP contribution < -0.4 is 10.6 Å². The summed E-state index contributed by atoms with van der Waals surface area (Å²) in [5, 5.41) is 6.23. The minimum absolute atomic E-state index is 0.00988. The molecule has 0 aromatic heterocycles. The van der Waals surface area contributed by atoms with Gasteiger partial charge in [0.15, 0.2) is 0 Å². The Balaban J connectivity index is 1.67. The van der Waals surface area contributed by atoms with Gasteiger partial charge in [-0.3, -0.25) is 9.59 Å². The van der Waals surface area contributed by atoms with E-state index in [-0.39, 0.29) is 17.7 Å². The molecule has 20 heavy (non-hydrogen) atoms. The quantitative estimate of drug-likeness (QED) is 0.721. The normalized spacial score (nSPS) is 34.0. The number of rotatable bonds is 3. The van der Waals surface area contributed by atoms with Gasteiger partial charge in [0.1, 0.15) is 6.04 Å². The zero-order valence-corrected chi connectivity index (χ0v) is 11.9. The van der Waals surface area contributed by atoms with Gasteiger partial charge in [0.05, 0.1) is 19.1 Å². The first-order valence-corrected chi connectivity index (χ1v) is 7.56. The van der Waals surface area contributed by atoms with Gasteiger partial charge in [-0.1, -0.05) is 6.92 Å². The molecule has 6 nitrogen and oxygen atoms in total. The summed E-state index contributed by atoms with van der Waals surface area (Å²) < 4.78 is 5.40. The Morgan fingerprint density at radius 3 is 2.75 bits per heavy atom. The van der Waals surface area contributed by atoms with Gasteiger partial charge in [-0.15, -0.1) is 0 Å². The maximum atomic E-state index is 12.7. The summed E-state index contributed by atoms with van der Waals surface area (Å²) in [4.78, 5) is 26.7. The van der Waals surface area contributed by atoms with E-state index in [1.165, 1.54) is 0 Å². The molecule has 2 saturated heterocycles. The maximum Gasteiger partial charge on any atom is 0.245 e. The van der Waals surface area contributed by atoms with E-state index < -0.39 is 6.04 Å². The van der Waals surface area contributed by atoms with Crippen LogP contribution in [-0.2, 0) is 14.3 Å². The summed E-state index contributed by atoms with van der Waals surface area (Å²) in [7, 11) is 0. The van der Waals surface area contributed by atoms with Gasteiger partial charge >= 0.3 is 0 Å². The van der Waals surface area contributed by atoms with Crippen molar-refractivity contribution in [3.8, 4) is 0 Å². The molecule has 3 atom stereocenters. The smallest absolute Gasteiger partial charge is 0.245 e. The van der Waals surface area contributed by atoms with Crippen LogP contribution in [0, 0.1) is 11.8 Å². The molecule has 0 aromatic carbocycles. The summed E-state index contributed by atoms with van der Waals surface area (Å²) in [6.07, 6.45) is 2.10. The second-order valence-corrected chi connectivity index (χ2v) is 6.15. The summed E-state index contributed by atoms with van der Waals surface area (Å²) >= 11 is 0. The Kier molecular flexibility index (Phi) is 3.94. The fraction of sp³-hybridized carbons (Fsp3) is 0.857. The lowest BCUT2D eigenvalue weighted by atomic mass is 9.95. The van der Waals surface area contributed by atoms with Crippen LogP contribution in [0.1, 0.15) is 19.8 Å². The lowest BCUT2D eigenvalue weighted by molar-refractivity contribution is -0.152. The van der Waals surface area contributed by atoms with Crippen LogP contribution in [-0.4, -0.2) is 61.6 Å². The van der Waals surface area contributed by atoms with Crippen LogP contribution in [0.4, 0.5) is 0 Å². The summed E-state index contributed by atoms with van der Waals surface area (Å²) in [5.41, 5.74) is 0. The largest absolute Gasteiger partial charge is 0.377 e. The van der Waals surface area contributed by atoms with Crippen LogP contribution in [0.2, 0.25) is 0 Å². The summed E-state index contributed by atoms with van der Waals surface area (Å²) in [6.45, 7) is 5.04. The highest BCUT2D eigenvalue weighted by Crippen LogP contribution is 2.23. The highest BCUT2D eigenvalue weighted by molar-refractivity contribution is 5.89. The monoisotopic (exact) mass is 281 g/mol.